The van der Waals surface area contributed by atoms with Gasteiger partial charge in [0.05, 0.1) is 5.75 Å². The normalized spacial score (nSPS) is 16.8. The number of hydrogen-bond acceptors (Lipinski definition) is 4. The molecule has 0 saturated carbocycles. The highest BCUT2D eigenvalue weighted by atomic mass is 32.2. The predicted octanol–water partition coefficient (Wildman–Crippen LogP) is 0.413. The van der Waals surface area contributed by atoms with Crippen LogP contribution in [-0.4, -0.2) is 56.9 Å². The molecule has 0 aromatic rings. The Morgan fingerprint density at radius 2 is 1.83 bits per heavy atom. The summed E-state index contributed by atoms with van der Waals surface area (Å²) in [7, 11) is -2.90. The quantitative estimate of drug-likeness (QED) is 0.684. The van der Waals surface area contributed by atoms with Crippen molar-refractivity contribution >= 4 is 15.7 Å². The zero-order valence-electron chi connectivity index (χ0n) is 11.2. The average molecular weight is 276 g/mol. The number of sulfone groups is 1. The highest BCUT2D eigenvalue weighted by Gasteiger charge is 2.15. The minimum atomic E-state index is -2.90. The van der Waals surface area contributed by atoms with E-state index >= 15 is 0 Å². The van der Waals surface area contributed by atoms with Crippen molar-refractivity contribution < 1.29 is 13.2 Å². The summed E-state index contributed by atoms with van der Waals surface area (Å²) in [4.78, 5) is 13.7. The highest BCUT2D eigenvalue weighted by molar-refractivity contribution is 7.91. The molecule has 0 bridgehead atoms. The first-order chi connectivity index (χ1) is 8.55. The summed E-state index contributed by atoms with van der Waals surface area (Å²) in [6.45, 7) is 4.40. The maximum absolute atomic E-state index is 11.8. The van der Waals surface area contributed by atoms with Crippen LogP contribution in [0.15, 0.2) is 0 Å². The lowest BCUT2D eigenvalue weighted by molar-refractivity contribution is -0.131. The van der Waals surface area contributed by atoms with Gasteiger partial charge in [0.15, 0.2) is 9.84 Å². The van der Waals surface area contributed by atoms with Gasteiger partial charge in [-0.05, 0) is 19.3 Å². The van der Waals surface area contributed by atoms with Gasteiger partial charge in [0.1, 0.15) is 0 Å². The summed E-state index contributed by atoms with van der Waals surface area (Å²) < 4.78 is 22.5. The predicted molar refractivity (Wildman–Crippen MR) is 72.2 cm³/mol. The van der Waals surface area contributed by atoms with Crippen LogP contribution >= 0.6 is 0 Å². The van der Waals surface area contributed by atoms with E-state index in [4.69, 9.17) is 0 Å². The Labute approximate surface area is 110 Å². The number of carbonyl (C=O) groups excluding carboxylic acids is 1. The Morgan fingerprint density at radius 1 is 1.17 bits per heavy atom. The molecule has 0 radical (unpaired) electrons. The van der Waals surface area contributed by atoms with Crippen molar-refractivity contribution in [2.75, 3.05) is 37.7 Å². The van der Waals surface area contributed by atoms with Gasteiger partial charge in [-0.2, -0.15) is 0 Å². The van der Waals surface area contributed by atoms with Gasteiger partial charge in [0.25, 0.3) is 0 Å². The van der Waals surface area contributed by atoms with E-state index in [0.717, 1.165) is 25.9 Å². The monoisotopic (exact) mass is 276 g/mol. The van der Waals surface area contributed by atoms with E-state index in [1.807, 2.05) is 4.90 Å². The molecule has 106 valence electrons. The summed E-state index contributed by atoms with van der Waals surface area (Å²) in [5.41, 5.74) is 0. The van der Waals surface area contributed by atoms with Crippen LogP contribution in [0, 0.1) is 0 Å². The number of likely N-dealkylation sites (tertiary alicyclic amines) is 1. The molecule has 1 rings (SSSR count). The maximum atomic E-state index is 11.8. The second-order valence-electron chi connectivity index (χ2n) is 4.68. The van der Waals surface area contributed by atoms with Crippen molar-refractivity contribution in [1.82, 2.24) is 10.2 Å². The average Bonchev–Trinajstić information content (AvgIpc) is 2.39. The molecule has 1 aliphatic heterocycles. The maximum Gasteiger partial charge on any atom is 0.223 e. The molecule has 0 aromatic carbocycles. The third kappa shape index (κ3) is 5.82. The Morgan fingerprint density at radius 3 is 2.44 bits per heavy atom. The van der Waals surface area contributed by atoms with Gasteiger partial charge in [-0.3, -0.25) is 4.79 Å². The largest absolute Gasteiger partial charge is 0.343 e. The molecular weight excluding hydrogens is 252 g/mol. The summed E-state index contributed by atoms with van der Waals surface area (Å²) in [6.07, 6.45) is 3.89. The lowest BCUT2D eigenvalue weighted by Crippen LogP contribution is -2.37. The molecule has 1 N–H and O–H groups in total. The SMILES string of the molecule is CCS(=O)(=O)CCNCCC(=O)N1CCCCC1. The van der Waals surface area contributed by atoms with Crippen molar-refractivity contribution in [3.8, 4) is 0 Å². The molecule has 0 unspecified atom stereocenters. The smallest absolute Gasteiger partial charge is 0.223 e. The molecule has 0 aromatic heterocycles. The molecular formula is C12H24N2O3S. The first-order valence-electron chi connectivity index (χ1n) is 6.74. The number of piperidine rings is 1. The lowest BCUT2D eigenvalue weighted by Gasteiger charge is -2.26. The van der Waals surface area contributed by atoms with E-state index < -0.39 is 9.84 Å². The fourth-order valence-electron chi connectivity index (χ4n) is 1.99. The van der Waals surface area contributed by atoms with Crippen LogP contribution in [0.4, 0.5) is 0 Å². The summed E-state index contributed by atoms with van der Waals surface area (Å²) in [6, 6.07) is 0. The number of nitrogens with one attached hydrogen (secondary N) is 1. The topological polar surface area (TPSA) is 66.5 Å². The molecule has 0 spiro atoms. The zero-order chi connectivity index (χ0) is 13.4. The minimum absolute atomic E-state index is 0.154. The molecule has 0 atom stereocenters. The molecule has 0 aliphatic carbocycles. The number of rotatable bonds is 7. The second kappa shape index (κ2) is 7.74. The molecule has 18 heavy (non-hydrogen) atoms. The number of carbonyl (C=O) groups is 1. The first kappa shape index (κ1) is 15.4. The van der Waals surface area contributed by atoms with E-state index in [9.17, 15) is 13.2 Å². The standard InChI is InChI=1S/C12H24N2O3S/c1-2-18(16,17)11-8-13-7-6-12(15)14-9-4-3-5-10-14/h13H,2-11H2,1H3. The van der Waals surface area contributed by atoms with Crippen molar-refractivity contribution in [3.05, 3.63) is 0 Å². The summed E-state index contributed by atoms with van der Waals surface area (Å²) in [5.74, 6) is 0.517. The van der Waals surface area contributed by atoms with Crippen molar-refractivity contribution in [2.24, 2.45) is 0 Å². The summed E-state index contributed by atoms with van der Waals surface area (Å²) in [5, 5.41) is 3.02. The van der Waals surface area contributed by atoms with Crippen molar-refractivity contribution in [2.45, 2.75) is 32.6 Å². The number of amides is 1. The van der Waals surface area contributed by atoms with E-state index in [1.165, 1.54) is 6.42 Å². The highest BCUT2D eigenvalue weighted by Crippen LogP contribution is 2.09. The second-order valence-corrected chi connectivity index (χ2v) is 7.15. The van der Waals surface area contributed by atoms with Gasteiger partial charge >= 0.3 is 0 Å². The molecule has 1 amide bonds. The van der Waals surface area contributed by atoms with E-state index in [0.29, 0.717) is 19.5 Å². The van der Waals surface area contributed by atoms with Crippen LogP contribution < -0.4 is 5.32 Å². The summed E-state index contributed by atoms with van der Waals surface area (Å²) >= 11 is 0. The fourth-order valence-corrected chi connectivity index (χ4v) is 2.74. The van der Waals surface area contributed by atoms with Gasteiger partial charge in [-0.1, -0.05) is 6.92 Å². The Kier molecular flexibility index (Phi) is 6.63. The van der Waals surface area contributed by atoms with Gasteiger partial charge in [-0.25, -0.2) is 8.42 Å². The van der Waals surface area contributed by atoms with Crippen LogP contribution in [0.25, 0.3) is 0 Å². The Balaban J connectivity index is 2.08. The third-order valence-electron chi connectivity index (χ3n) is 3.25. The number of hydrogen-bond donors (Lipinski definition) is 1. The number of nitrogens with zero attached hydrogens (tertiary/aromatic N) is 1. The minimum Gasteiger partial charge on any atom is -0.343 e. The van der Waals surface area contributed by atoms with E-state index in [1.54, 1.807) is 6.92 Å². The molecule has 1 aliphatic rings. The lowest BCUT2D eigenvalue weighted by atomic mass is 10.1. The van der Waals surface area contributed by atoms with E-state index in [2.05, 4.69) is 5.32 Å². The van der Waals surface area contributed by atoms with Gasteiger partial charge in [0, 0.05) is 38.4 Å². The Hall–Kier alpha value is -0.620. The van der Waals surface area contributed by atoms with Crippen LogP contribution in [0.5, 0.6) is 0 Å². The van der Waals surface area contributed by atoms with Gasteiger partial charge < -0.3 is 10.2 Å². The zero-order valence-corrected chi connectivity index (χ0v) is 12.0. The third-order valence-corrected chi connectivity index (χ3v) is 4.96. The fraction of sp³-hybridized carbons (Fsp3) is 0.917. The molecule has 1 heterocycles. The van der Waals surface area contributed by atoms with Crippen LogP contribution in [0.1, 0.15) is 32.6 Å². The van der Waals surface area contributed by atoms with Crippen LogP contribution in [-0.2, 0) is 14.6 Å². The van der Waals surface area contributed by atoms with Crippen molar-refractivity contribution in [3.63, 3.8) is 0 Å². The van der Waals surface area contributed by atoms with Crippen LogP contribution in [0.2, 0.25) is 0 Å². The molecule has 1 fully saturated rings. The van der Waals surface area contributed by atoms with Crippen molar-refractivity contribution in [1.29, 1.82) is 0 Å². The Bertz CT molecular complexity index is 348. The van der Waals surface area contributed by atoms with E-state index in [-0.39, 0.29) is 17.4 Å². The van der Waals surface area contributed by atoms with Gasteiger partial charge in [0.2, 0.25) is 5.91 Å². The van der Waals surface area contributed by atoms with Gasteiger partial charge in [-0.15, -0.1) is 0 Å². The molecule has 5 nitrogen and oxygen atoms in total. The first-order valence-corrected chi connectivity index (χ1v) is 8.56. The van der Waals surface area contributed by atoms with Crippen LogP contribution in [0.3, 0.4) is 0 Å². The molecule has 1 saturated heterocycles. The molecule has 6 heteroatoms.